The summed E-state index contributed by atoms with van der Waals surface area (Å²) in [6.07, 6.45) is 7.33. The zero-order chi connectivity index (χ0) is 18.2. The van der Waals surface area contributed by atoms with Crippen LogP contribution in [0.15, 0.2) is 53.7 Å². The average Bonchev–Trinajstić information content (AvgIpc) is 3.17. The number of nitrogens with two attached hydrogens (primary N) is 1. The van der Waals surface area contributed by atoms with E-state index in [1.54, 1.807) is 7.11 Å². The second kappa shape index (κ2) is 10.5. The summed E-state index contributed by atoms with van der Waals surface area (Å²) in [5, 5.41) is 3.21. The van der Waals surface area contributed by atoms with Gasteiger partial charge in [-0.3, -0.25) is 9.98 Å². The summed E-state index contributed by atoms with van der Waals surface area (Å²) in [6.45, 7) is 1.42. The number of ether oxygens (including phenoxy) is 1. The van der Waals surface area contributed by atoms with E-state index in [1.165, 1.54) is 18.4 Å². The molecule has 3 N–H and O–H groups in total. The number of para-hydroxylation sites is 1. The smallest absolute Gasteiger partial charge is 0.188 e. The predicted molar refractivity (Wildman–Crippen MR) is 121 cm³/mol. The Morgan fingerprint density at radius 1 is 1.19 bits per heavy atom. The molecule has 2 aromatic rings. The number of hydrogen-bond acceptors (Lipinski definition) is 3. The maximum Gasteiger partial charge on any atom is 0.188 e. The van der Waals surface area contributed by atoms with Crippen molar-refractivity contribution in [1.29, 1.82) is 0 Å². The highest BCUT2D eigenvalue weighted by atomic mass is 127. The fourth-order valence-corrected chi connectivity index (χ4v) is 3.80. The number of hydrogen-bond donors (Lipinski definition) is 2. The summed E-state index contributed by atoms with van der Waals surface area (Å²) in [6, 6.07) is 14.2. The molecule has 1 aliphatic carbocycles. The van der Waals surface area contributed by atoms with Crippen LogP contribution in [0.2, 0.25) is 0 Å². The number of guanidine groups is 1. The number of methoxy groups -OCH3 is 1. The molecule has 0 aliphatic heterocycles. The van der Waals surface area contributed by atoms with Crippen molar-refractivity contribution in [2.75, 3.05) is 20.2 Å². The van der Waals surface area contributed by atoms with Gasteiger partial charge >= 0.3 is 0 Å². The van der Waals surface area contributed by atoms with Gasteiger partial charge in [-0.1, -0.05) is 37.1 Å². The minimum Gasteiger partial charge on any atom is -0.496 e. The second-order valence-corrected chi connectivity index (χ2v) is 6.89. The van der Waals surface area contributed by atoms with Crippen LogP contribution in [-0.4, -0.2) is 31.1 Å². The van der Waals surface area contributed by atoms with E-state index in [9.17, 15) is 0 Å². The predicted octanol–water partition coefficient (Wildman–Crippen LogP) is 3.67. The molecule has 1 saturated carbocycles. The molecule has 5 nitrogen and oxygen atoms in total. The van der Waals surface area contributed by atoms with Gasteiger partial charge in [0.05, 0.1) is 13.7 Å². The van der Waals surface area contributed by atoms with Crippen molar-refractivity contribution < 1.29 is 4.74 Å². The van der Waals surface area contributed by atoms with Gasteiger partial charge in [0.2, 0.25) is 0 Å². The molecule has 1 aromatic heterocycles. The first-order chi connectivity index (χ1) is 12.7. The molecule has 27 heavy (non-hydrogen) atoms. The van der Waals surface area contributed by atoms with Crippen molar-refractivity contribution in [1.82, 2.24) is 10.3 Å². The number of benzene rings is 1. The topological polar surface area (TPSA) is 72.5 Å². The third-order valence-electron chi connectivity index (χ3n) is 5.20. The van der Waals surface area contributed by atoms with Crippen LogP contribution < -0.4 is 15.8 Å². The zero-order valence-corrected chi connectivity index (χ0v) is 18.2. The standard InChI is InChI=1S/C21H28N4O.HI/c1-26-19-10-3-2-9-18(19)21(12-5-6-13-21)16-25-20(22)24-15-11-17-8-4-7-14-23-17;/h2-4,7-10,14H,5-6,11-13,15-16H2,1H3,(H3,22,24,25);1H. The second-order valence-electron chi connectivity index (χ2n) is 6.89. The fraction of sp³-hybridized carbons (Fsp3) is 0.429. The molecule has 0 bridgehead atoms. The number of rotatable bonds is 7. The van der Waals surface area contributed by atoms with Crippen LogP contribution in [-0.2, 0) is 11.8 Å². The number of aliphatic imine (C=N–C) groups is 1. The maximum absolute atomic E-state index is 6.11. The molecule has 1 fully saturated rings. The molecule has 0 radical (unpaired) electrons. The summed E-state index contributed by atoms with van der Waals surface area (Å²) in [4.78, 5) is 8.99. The van der Waals surface area contributed by atoms with Crippen LogP contribution in [0.1, 0.15) is 36.9 Å². The van der Waals surface area contributed by atoms with Gasteiger partial charge in [0, 0.05) is 35.8 Å². The minimum absolute atomic E-state index is 0. The molecule has 0 spiro atoms. The van der Waals surface area contributed by atoms with Gasteiger partial charge in [-0.25, -0.2) is 0 Å². The van der Waals surface area contributed by atoms with E-state index in [-0.39, 0.29) is 29.4 Å². The average molecular weight is 480 g/mol. The number of aromatic nitrogens is 1. The Morgan fingerprint density at radius 2 is 1.93 bits per heavy atom. The summed E-state index contributed by atoms with van der Waals surface area (Å²) in [5.41, 5.74) is 8.44. The normalized spacial score (nSPS) is 15.8. The van der Waals surface area contributed by atoms with Gasteiger partial charge in [-0.15, -0.1) is 24.0 Å². The largest absolute Gasteiger partial charge is 0.496 e. The molecule has 6 heteroatoms. The van der Waals surface area contributed by atoms with E-state index in [4.69, 9.17) is 10.5 Å². The van der Waals surface area contributed by atoms with E-state index in [2.05, 4.69) is 27.4 Å². The van der Waals surface area contributed by atoms with E-state index >= 15 is 0 Å². The molecule has 0 amide bonds. The number of nitrogens with zero attached hydrogens (tertiary/aromatic N) is 2. The van der Waals surface area contributed by atoms with Crippen molar-refractivity contribution in [2.45, 2.75) is 37.5 Å². The van der Waals surface area contributed by atoms with E-state index in [0.29, 0.717) is 12.5 Å². The van der Waals surface area contributed by atoms with Gasteiger partial charge in [0.15, 0.2) is 5.96 Å². The number of halogens is 1. The minimum atomic E-state index is 0. The summed E-state index contributed by atoms with van der Waals surface area (Å²) in [5.74, 6) is 1.45. The number of pyridine rings is 1. The number of nitrogens with one attached hydrogen (secondary N) is 1. The van der Waals surface area contributed by atoms with Crippen LogP contribution in [0, 0.1) is 0 Å². The highest BCUT2D eigenvalue weighted by molar-refractivity contribution is 14.0. The first kappa shape index (κ1) is 21.5. The third kappa shape index (κ3) is 5.57. The molecule has 3 rings (SSSR count). The zero-order valence-electron chi connectivity index (χ0n) is 15.9. The van der Waals surface area contributed by atoms with Crippen LogP contribution in [0.25, 0.3) is 0 Å². The van der Waals surface area contributed by atoms with E-state index < -0.39 is 0 Å². The van der Waals surface area contributed by atoms with Gasteiger partial charge in [0.1, 0.15) is 5.75 Å². The summed E-state index contributed by atoms with van der Waals surface area (Å²) < 4.78 is 5.60. The Balaban J connectivity index is 0.00000261. The van der Waals surface area contributed by atoms with Crippen LogP contribution in [0.5, 0.6) is 5.75 Å². The van der Waals surface area contributed by atoms with Crippen molar-refractivity contribution in [3.63, 3.8) is 0 Å². The lowest BCUT2D eigenvalue weighted by atomic mass is 9.78. The van der Waals surface area contributed by atoms with Crippen molar-refractivity contribution in [3.8, 4) is 5.75 Å². The molecule has 1 aliphatic rings. The molecule has 0 saturated heterocycles. The van der Waals surface area contributed by atoms with Gasteiger partial charge in [0.25, 0.3) is 0 Å². The summed E-state index contributed by atoms with van der Waals surface area (Å²) in [7, 11) is 1.73. The summed E-state index contributed by atoms with van der Waals surface area (Å²) >= 11 is 0. The van der Waals surface area contributed by atoms with Crippen molar-refractivity contribution in [3.05, 3.63) is 59.9 Å². The Labute approximate surface area is 178 Å². The SMILES string of the molecule is COc1ccccc1C1(CN=C(N)NCCc2ccccn2)CCCC1.I. The molecule has 0 unspecified atom stereocenters. The monoisotopic (exact) mass is 480 g/mol. The quantitative estimate of drug-likeness (QED) is 0.361. The highest BCUT2D eigenvalue weighted by Crippen LogP contribution is 2.44. The van der Waals surface area contributed by atoms with Gasteiger partial charge < -0.3 is 15.8 Å². The first-order valence-corrected chi connectivity index (χ1v) is 9.31. The van der Waals surface area contributed by atoms with Crippen LogP contribution >= 0.6 is 24.0 Å². The van der Waals surface area contributed by atoms with Gasteiger partial charge in [-0.05, 0) is 31.0 Å². The Hall–Kier alpha value is -1.83. The van der Waals surface area contributed by atoms with Crippen molar-refractivity contribution >= 4 is 29.9 Å². The van der Waals surface area contributed by atoms with Gasteiger partial charge in [-0.2, -0.15) is 0 Å². The lowest BCUT2D eigenvalue weighted by Crippen LogP contribution is -2.36. The Bertz CT molecular complexity index is 730. The molecular weight excluding hydrogens is 451 g/mol. The van der Waals surface area contributed by atoms with Crippen LogP contribution in [0.3, 0.4) is 0 Å². The Morgan fingerprint density at radius 3 is 2.63 bits per heavy atom. The highest BCUT2D eigenvalue weighted by Gasteiger charge is 2.37. The molecular formula is C21H29IN4O. The first-order valence-electron chi connectivity index (χ1n) is 9.31. The van der Waals surface area contributed by atoms with Crippen LogP contribution in [0.4, 0.5) is 0 Å². The molecule has 1 heterocycles. The fourth-order valence-electron chi connectivity index (χ4n) is 3.80. The maximum atomic E-state index is 6.11. The molecule has 146 valence electrons. The van der Waals surface area contributed by atoms with Crippen molar-refractivity contribution in [2.24, 2.45) is 10.7 Å². The third-order valence-corrected chi connectivity index (χ3v) is 5.20. The lowest BCUT2D eigenvalue weighted by molar-refractivity contribution is 0.378. The van der Waals surface area contributed by atoms with E-state index in [1.807, 2.05) is 36.5 Å². The Kier molecular flexibility index (Phi) is 8.34. The molecule has 1 aromatic carbocycles. The lowest BCUT2D eigenvalue weighted by Gasteiger charge is -2.29. The van der Waals surface area contributed by atoms with E-state index in [0.717, 1.165) is 37.3 Å². The molecule has 0 atom stereocenters.